The SMILES string of the molecule is C=CCN(CC=C)CCN1CCCC1. The van der Waals surface area contributed by atoms with Crippen molar-refractivity contribution < 1.29 is 0 Å². The molecule has 1 heterocycles. The standard InChI is InChI=1S/C12H22N2/c1-3-7-13(8-4-2)11-12-14-9-5-6-10-14/h3-4H,1-2,5-12H2. The third kappa shape index (κ3) is 4.07. The van der Waals surface area contributed by atoms with Crippen molar-refractivity contribution in [2.75, 3.05) is 39.3 Å². The molecule has 0 bridgehead atoms. The van der Waals surface area contributed by atoms with Gasteiger partial charge in [0.05, 0.1) is 0 Å². The molecule has 0 aromatic heterocycles. The second-order valence-corrected chi connectivity index (χ2v) is 3.89. The Hall–Kier alpha value is -0.600. The van der Waals surface area contributed by atoms with E-state index in [2.05, 4.69) is 23.0 Å². The highest BCUT2D eigenvalue weighted by molar-refractivity contribution is 4.80. The van der Waals surface area contributed by atoms with E-state index in [4.69, 9.17) is 0 Å². The highest BCUT2D eigenvalue weighted by Gasteiger charge is 2.11. The van der Waals surface area contributed by atoms with Crippen LogP contribution >= 0.6 is 0 Å². The fraction of sp³-hybridized carbons (Fsp3) is 0.667. The van der Waals surface area contributed by atoms with Crippen molar-refractivity contribution in [2.45, 2.75) is 12.8 Å². The quantitative estimate of drug-likeness (QED) is 0.570. The van der Waals surface area contributed by atoms with Gasteiger partial charge >= 0.3 is 0 Å². The molecular formula is C12H22N2. The topological polar surface area (TPSA) is 6.48 Å². The maximum absolute atomic E-state index is 3.77. The van der Waals surface area contributed by atoms with Gasteiger partial charge in [0.1, 0.15) is 0 Å². The summed E-state index contributed by atoms with van der Waals surface area (Å²) in [4.78, 5) is 4.91. The van der Waals surface area contributed by atoms with Gasteiger partial charge in [-0.1, -0.05) is 12.2 Å². The summed E-state index contributed by atoms with van der Waals surface area (Å²) >= 11 is 0. The largest absolute Gasteiger partial charge is 0.302 e. The van der Waals surface area contributed by atoms with E-state index >= 15 is 0 Å². The Bertz CT molecular complexity index is 161. The molecule has 1 fully saturated rings. The van der Waals surface area contributed by atoms with Gasteiger partial charge in [-0.05, 0) is 25.9 Å². The second kappa shape index (κ2) is 6.80. The molecule has 1 aliphatic rings. The van der Waals surface area contributed by atoms with Crippen LogP contribution in [0.4, 0.5) is 0 Å². The van der Waals surface area contributed by atoms with E-state index in [1.54, 1.807) is 0 Å². The third-order valence-electron chi connectivity index (χ3n) is 2.71. The zero-order valence-electron chi connectivity index (χ0n) is 9.12. The Morgan fingerprint density at radius 2 is 1.64 bits per heavy atom. The van der Waals surface area contributed by atoms with Crippen LogP contribution in [0.25, 0.3) is 0 Å². The molecule has 0 aromatic rings. The minimum absolute atomic E-state index is 0.972. The molecule has 80 valence electrons. The third-order valence-corrected chi connectivity index (χ3v) is 2.71. The van der Waals surface area contributed by atoms with Gasteiger partial charge in [0.15, 0.2) is 0 Å². The number of hydrogen-bond acceptors (Lipinski definition) is 2. The minimum Gasteiger partial charge on any atom is -0.302 e. The van der Waals surface area contributed by atoms with Crippen molar-refractivity contribution in [3.63, 3.8) is 0 Å². The molecule has 1 saturated heterocycles. The van der Waals surface area contributed by atoms with Crippen molar-refractivity contribution in [3.05, 3.63) is 25.3 Å². The average molecular weight is 194 g/mol. The smallest absolute Gasteiger partial charge is 0.0164 e. The van der Waals surface area contributed by atoms with Crippen molar-refractivity contribution in [2.24, 2.45) is 0 Å². The molecule has 2 heteroatoms. The first-order valence-electron chi connectivity index (χ1n) is 5.53. The van der Waals surface area contributed by atoms with Crippen LogP contribution in [-0.2, 0) is 0 Å². The van der Waals surface area contributed by atoms with Gasteiger partial charge in [0.2, 0.25) is 0 Å². The Morgan fingerprint density at radius 1 is 1.07 bits per heavy atom. The lowest BCUT2D eigenvalue weighted by Crippen LogP contribution is -2.34. The Morgan fingerprint density at radius 3 is 2.14 bits per heavy atom. The Kier molecular flexibility index (Phi) is 5.57. The Labute approximate surface area is 87.9 Å². The van der Waals surface area contributed by atoms with E-state index in [0.29, 0.717) is 0 Å². The monoisotopic (exact) mass is 194 g/mol. The van der Waals surface area contributed by atoms with E-state index in [1.165, 1.54) is 32.5 Å². The van der Waals surface area contributed by atoms with Gasteiger partial charge in [-0.15, -0.1) is 13.2 Å². The van der Waals surface area contributed by atoms with E-state index in [0.717, 1.165) is 19.6 Å². The predicted molar refractivity (Wildman–Crippen MR) is 62.5 cm³/mol. The number of rotatable bonds is 7. The first-order valence-corrected chi connectivity index (χ1v) is 5.53. The maximum atomic E-state index is 3.77. The van der Waals surface area contributed by atoms with Gasteiger partial charge in [0, 0.05) is 26.2 Å². The van der Waals surface area contributed by atoms with Crippen LogP contribution in [0.5, 0.6) is 0 Å². The van der Waals surface area contributed by atoms with Gasteiger partial charge in [0.25, 0.3) is 0 Å². The second-order valence-electron chi connectivity index (χ2n) is 3.89. The summed E-state index contributed by atoms with van der Waals surface area (Å²) in [5.41, 5.74) is 0. The summed E-state index contributed by atoms with van der Waals surface area (Å²) in [5.74, 6) is 0. The molecule has 2 nitrogen and oxygen atoms in total. The molecule has 14 heavy (non-hydrogen) atoms. The molecule has 0 saturated carbocycles. The lowest BCUT2D eigenvalue weighted by molar-refractivity contribution is 0.256. The minimum atomic E-state index is 0.972. The molecule has 0 unspecified atom stereocenters. The maximum Gasteiger partial charge on any atom is 0.0164 e. The fourth-order valence-corrected chi connectivity index (χ4v) is 1.91. The molecule has 0 atom stereocenters. The van der Waals surface area contributed by atoms with Crippen molar-refractivity contribution in [3.8, 4) is 0 Å². The zero-order valence-corrected chi connectivity index (χ0v) is 9.12. The zero-order chi connectivity index (χ0) is 10.2. The van der Waals surface area contributed by atoms with Crippen molar-refractivity contribution >= 4 is 0 Å². The molecule has 0 radical (unpaired) electrons. The molecular weight excluding hydrogens is 172 g/mol. The predicted octanol–water partition coefficient (Wildman–Crippen LogP) is 1.76. The number of likely N-dealkylation sites (tertiary alicyclic amines) is 1. The summed E-state index contributed by atoms with van der Waals surface area (Å²) in [7, 11) is 0. The van der Waals surface area contributed by atoms with E-state index < -0.39 is 0 Å². The number of nitrogens with zero attached hydrogens (tertiary/aromatic N) is 2. The highest BCUT2D eigenvalue weighted by atomic mass is 15.2. The van der Waals surface area contributed by atoms with Crippen LogP contribution in [0, 0.1) is 0 Å². The number of hydrogen-bond donors (Lipinski definition) is 0. The highest BCUT2D eigenvalue weighted by Crippen LogP contribution is 2.06. The summed E-state index contributed by atoms with van der Waals surface area (Å²) in [6.45, 7) is 14.4. The molecule has 1 aliphatic heterocycles. The molecule has 0 spiro atoms. The van der Waals surface area contributed by atoms with E-state index in [1.807, 2.05) is 12.2 Å². The first kappa shape index (κ1) is 11.5. The van der Waals surface area contributed by atoms with Crippen LogP contribution < -0.4 is 0 Å². The molecule has 1 rings (SSSR count). The van der Waals surface area contributed by atoms with Crippen LogP contribution in [0.3, 0.4) is 0 Å². The molecule has 0 aliphatic carbocycles. The van der Waals surface area contributed by atoms with Gasteiger partial charge in [-0.2, -0.15) is 0 Å². The summed E-state index contributed by atoms with van der Waals surface area (Å²) in [6, 6.07) is 0. The van der Waals surface area contributed by atoms with E-state index in [-0.39, 0.29) is 0 Å². The summed E-state index contributed by atoms with van der Waals surface area (Å²) < 4.78 is 0. The van der Waals surface area contributed by atoms with Gasteiger partial charge < -0.3 is 4.90 Å². The van der Waals surface area contributed by atoms with Crippen LogP contribution in [0.15, 0.2) is 25.3 Å². The van der Waals surface area contributed by atoms with Crippen LogP contribution in [0.1, 0.15) is 12.8 Å². The van der Waals surface area contributed by atoms with Gasteiger partial charge in [-0.3, -0.25) is 4.90 Å². The van der Waals surface area contributed by atoms with Crippen LogP contribution in [0.2, 0.25) is 0 Å². The fourth-order valence-electron chi connectivity index (χ4n) is 1.91. The van der Waals surface area contributed by atoms with E-state index in [9.17, 15) is 0 Å². The lowest BCUT2D eigenvalue weighted by Gasteiger charge is -2.22. The summed E-state index contributed by atoms with van der Waals surface area (Å²) in [5, 5.41) is 0. The van der Waals surface area contributed by atoms with Crippen LogP contribution in [-0.4, -0.2) is 49.1 Å². The summed E-state index contributed by atoms with van der Waals surface area (Å²) in [6.07, 6.45) is 6.69. The average Bonchev–Trinajstić information content (AvgIpc) is 2.67. The van der Waals surface area contributed by atoms with Gasteiger partial charge in [-0.25, -0.2) is 0 Å². The lowest BCUT2D eigenvalue weighted by atomic mass is 10.4. The first-order chi connectivity index (χ1) is 6.86. The molecule has 0 N–H and O–H groups in total. The Balaban J connectivity index is 2.16. The molecule has 0 amide bonds. The van der Waals surface area contributed by atoms with Crippen molar-refractivity contribution in [1.29, 1.82) is 0 Å². The normalized spacial score (nSPS) is 17.5. The van der Waals surface area contributed by atoms with Crippen molar-refractivity contribution in [1.82, 2.24) is 9.80 Å². The molecule has 0 aromatic carbocycles.